The highest BCUT2D eigenvalue weighted by Crippen LogP contribution is 2.23. The van der Waals surface area contributed by atoms with E-state index in [0.717, 1.165) is 6.07 Å². The van der Waals surface area contributed by atoms with Crippen molar-refractivity contribution in [3.05, 3.63) is 62.7 Å². The van der Waals surface area contributed by atoms with Crippen LogP contribution in [0.4, 0.5) is 17.1 Å². The number of anilines is 2. The molecule has 0 heterocycles. The molecule has 10 heteroatoms. The maximum Gasteiger partial charge on any atom is 0.338 e. The van der Waals surface area contributed by atoms with Crippen LogP contribution in [0, 0.1) is 21.4 Å². The number of hydrogen-bond acceptors (Lipinski definition) is 7. The van der Waals surface area contributed by atoms with E-state index in [4.69, 9.17) is 27.3 Å². The van der Waals surface area contributed by atoms with Crippen LogP contribution in [-0.2, 0) is 9.53 Å². The zero-order valence-electron chi connectivity index (χ0n) is 13.1. The lowest BCUT2D eigenvalue weighted by molar-refractivity contribution is -0.383. The van der Waals surface area contributed by atoms with E-state index < -0.39 is 29.1 Å². The third kappa shape index (κ3) is 4.46. The summed E-state index contributed by atoms with van der Waals surface area (Å²) in [5.41, 5.74) is 5.13. The Morgan fingerprint density at radius 3 is 2.69 bits per heavy atom. The molecule has 0 aliphatic heterocycles. The van der Waals surface area contributed by atoms with Gasteiger partial charge in [-0.2, -0.15) is 5.26 Å². The minimum Gasteiger partial charge on any atom is -0.452 e. The summed E-state index contributed by atoms with van der Waals surface area (Å²) in [5, 5.41) is 22.5. The van der Waals surface area contributed by atoms with Crippen molar-refractivity contribution in [1.82, 2.24) is 0 Å². The largest absolute Gasteiger partial charge is 0.452 e. The van der Waals surface area contributed by atoms with E-state index in [9.17, 15) is 19.7 Å². The Balaban J connectivity index is 2.03. The number of esters is 1. The highest BCUT2D eigenvalue weighted by molar-refractivity contribution is 6.31. The van der Waals surface area contributed by atoms with Crippen LogP contribution in [0.5, 0.6) is 0 Å². The van der Waals surface area contributed by atoms with Crippen molar-refractivity contribution in [3.8, 4) is 6.07 Å². The van der Waals surface area contributed by atoms with Crippen LogP contribution in [0.3, 0.4) is 0 Å². The number of nitrogens with one attached hydrogen (secondary N) is 1. The highest BCUT2D eigenvalue weighted by Gasteiger charge is 2.17. The normalized spacial score (nSPS) is 9.85. The monoisotopic (exact) mass is 374 g/mol. The summed E-state index contributed by atoms with van der Waals surface area (Å²) < 4.78 is 4.81. The maximum absolute atomic E-state index is 11.9. The van der Waals surface area contributed by atoms with Crippen molar-refractivity contribution in [3.63, 3.8) is 0 Å². The van der Waals surface area contributed by atoms with Crippen molar-refractivity contribution < 1.29 is 19.2 Å². The van der Waals surface area contributed by atoms with Gasteiger partial charge in [0.1, 0.15) is 11.8 Å². The van der Waals surface area contributed by atoms with Crippen molar-refractivity contribution in [2.45, 2.75) is 0 Å². The minimum atomic E-state index is -0.935. The summed E-state index contributed by atoms with van der Waals surface area (Å²) >= 11 is 5.81. The third-order valence-corrected chi connectivity index (χ3v) is 3.41. The summed E-state index contributed by atoms with van der Waals surface area (Å²) in [7, 11) is 0. The van der Waals surface area contributed by atoms with E-state index in [1.165, 1.54) is 30.3 Å². The van der Waals surface area contributed by atoms with Gasteiger partial charge in [-0.05, 0) is 30.3 Å². The van der Waals surface area contributed by atoms with Gasteiger partial charge >= 0.3 is 5.97 Å². The van der Waals surface area contributed by atoms with Crippen molar-refractivity contribution in [2.75, 3.05) is 17.7 Å². The Morgan fingerprint density at radius 2 is 2.04 bits per heavy atom. The van der Waals surface area contributed by atoms with Gasteiger partial charge in [0, 0.05) is 11.1 Å². The lowest BCUT2D eigenvalue weighted by Crippen LogP contribution is -2.21. The fraction of sp³-hybridized carbons (Fsp3) is 0.0625. The average Bonchev–Trinajstić information content (AvgIpc) is 2.60. The summed E-state index contributed by atoms with van der Waals surface area (Å²) in [4.78, 5) is 33.9. The second-order valence-corrected chi connectivity index (χ2v) is 5.39. The van der Waals surface area contributed by atoms with Crippen molar-refractivity contribution >= 4 is 40.5 Å². The number of hydrogen-bond donors (Lipinski definition) is 2. The van der Waals surface area contributed by atoms with E-state index >= 15 is 0 Å². The van der Waals surface area contributed by atoms with Gasteiger partial charge in [-0.15, -0.1) is 0 Å². The van der Waals surface area contributed by atoms with Gasteiger partial charge in [-0.1, -0.05) is 11.6 Å². The molecule has 3 N–H and O–H groups in total. The molecule has 9 nitrogen and oxygen atoms in total. The molecule has 0 bridgehead atoms. The molecule has 0 unspecified atom stereocenters. The molecule has 0 atom stereocenters. The van der Waals surface area contributed by atoms with Crippen LogP contribution >= 0.6 is 11.6 Å². The van der Waals surface area contributed by atoms with Crippen LogP contribution in [0.1, 0.15) is 15.9 Å². The van der Waals surface area contributed by atoms with Gasteiger partial charge in [0.2, 0.25) is 0 Å². The number of nitriles is 1. The Bertz CT molecular complexity index is 939. The van der Waals surface area contributed by atoms with Crippen LogP contribution < -0.4 is 11.1 Å². The molecule has 2 rings (SSSR count). The van der Waals surface area contributed by atoms with Crippen LogP contribution in [-0.4, -0.2) is 23.4 Å². The Hall–Kier alpha value is -3.64. The maximum atomic E-state index is 11.9. The fourth-order valence-corrected chi connectivity index (χ4v) is 2.12. The second-order valence-electron chi connectivity index (χ2n) is 4.96. The number of ether oxygens (including phenoxy) is 1. The molecule has 0 saturated carbocycles. The number of benzene rings is 2. The first-order valence-electron chi connectivity index (χ1n) is 7.02. The summed E-state index contributed by atoms with van der Waals surface area (Å²) in [5.74, 6) is -1.64. The van der Waals surface area contributed by atoms with Crippen LogP contribution in [0.2, 0.25) is 5.02 Å². The fourth-order valence-electron chi connectivity index (χ4n) is 1.95. The van der Waals surface area contributed by atoms with Gasteiger partial charge in [0.15, 0.2) is 6.61 Å². The number of nitrogens with two attached hydrogens (primary N) is 1. The van der Waals surface area contributed by atoms with E-state index in [1.54, 1.807) is 0 Å². The SMILES string of the molecule is N#Cc1ccc(Cl)cc1NC(=O)COC(=O)c1ccc(N)c([N+](=O)[O-])c1. The molecule has 0 aliphatic rings. The molecule has 2 aromatic rings. The van der Waals surface area contributed by atoms with Gasteiger partial charge in [-0.3, -0.25) is 14.9 Å². The van der Waals surface area contributed by atoms with E-state index in [1.807, 2.05) is 6.07 Å². The van der Waals surface area contributed by atoms with Crippen LogP contribution in [0.25, 0.3) is 0 Å². The highest BCUT2D eigenvalue weighted by atomic mass is 35.5. The second kappa shape index (κ2) is 7.96. The number of halogens is 1. The van der Waals surface area contributed by atoms with Gasteiger partial charge in [-0.25, -0.2) is 4.79 Å². The molecule has 0 spiro atoms. The number of carbonyl (C=O) groups is 2. The smallest absolute Gasteiger partial charge is 0.338 e. The predicted octanol–water partition coefficient (Wildman–Crippen LogP) is 2.50. The quantitative estimate of drug-likeness (QED) is 0.353. The van der Waals surface area contributed by atoms with Gasteiger partial charge in [0.25, 0.3) is 11.6 Å². The summed E-state index contributed by atoms with van der Waals surface area (Å²) in [6.45, 7) is -0.658. The van der Waals surface area contributed by atoms with Gasteiger partial charge in [0.05, 0.1) is 21.7 Å². The zero-order chi connectivity index (χ0) is 19.3. The third-order valence-electron chi connectivity index (χ3n) is 3.17. The van der Waals surface area contributed by atoms with E-state index in [0.29, 0.717) is 5.02 Å². The summed E-state index contributed by atoms with van der Waals surface area (Å²) in [6, 6.07) is 9.58. The lowest BCUT2D eigenvalue weighted by Gasteiger charge is -2.08. The first-order chi connectivity index (χ1) is 12.3. The molecular weight excluding hydrogens is 364 g/mol. The predicted molar refractivity (Wildman–Crippen MR) is 92.6 cm³/mol. The van der Waals surface area contributed by atoms with E-state index in [2.05, 4.69) is 5.32 Å². The molecule has 2 aromatic carbocycles. The molecule has 132 valence electrons. The standard InChI is InChI=1S/C16H11ClN4O5/c17-11-3-1-10(7-18)13(6-11)20-15(22)8-26-16(23)9-2-4-12(19)14(5-9)21(24)25/h1-6H,8,19H2,(H,20,22). The number of nitro benzene ring substituents is 1. The summed E-state index contributed by atoms with van der Waals surface area (Å²) in [6.07, 6.45) is 0. The molecule has 0 aromatic heterocycles. The first kappa shape index (κ1) is 18.7. The Kier molecular flexibility index (Phi) is 5.72. The number of nitrogens with zero attached hydrogens (tertiary/aromatic N) is 2. The minimum absolute atomic E-state index is 0.103. The zero-order valence-corrected chi connectivity index (χ0v) is 13.8. The number of carbonyl (C=O) groups excluding carboxylic acids is 2. The Labute approximate surface area is 152 Å². The molecule has 0 aliphatic carbocycles. The first-order valence-corrected chi connectivity index (χ1v) is 7.40. The lowest BCUT2D eigenvalue weighted by atomic mass is 10.2. The van der Waals surface area contributed by atoms with Crippen molar-refractivity contribution in [1.29, 1.82) is 5.26 Å². The number of amides is 1. The molecule has 0 fully saturated rings. The number of nitro groups is 1. The molecule has 1 amide bonds. The van der Waals surface area contributed by atoms with E-state index in [-0.39, 0.29) is 22.5 Å². The average molecular weight is 375 g/mol. The molecular formula is C16H11ClN4O5. The molecule has 26 heavy (non-hydrogen) atoms. The van der Waals surface area contributed by atoms with Gasteiger partial charge < -0.3 is 15.8 Å². The molecule has 0 saturated heterocycles. The van der Waals surface area contributed by atoms with Crippen LogP contribution in [0.15, 0.2) is 36.4 Å². The topological polar surface area (TPSA) is 148 Å². The van der Waals surface area contributed by atoms with Crippen molar-refractivity contribution in [2.24, 2.45) is 0 Å². The number of rotatable bonds is 5. The Morgan fingerprint density at radius 1 is 1.31 bits per heavy atom. The molecule has 0 radical (unpaired) electrons. The number of nitrogen functional groups attached to an aromatic ring is 1.